The lowest BCUT2D eigenvalue weighted by Crippen LogP contribution is -2.31. The van der Waals surface area contributed by atoms with Crippen molar-refractivity contribution in [3.05, 3.63) is 11.6 Å². The molecule has 1 heterocycles. The van der Waals surface area contributed by atoms with Gasteiger partial charge in [0.1, 0.15) is 0 Å². The molecule has 1 saturated carbocycles. The Morgan fingerprint density at radius 3 is 2.74 bits per heavy atom. The van der Waals surface area contributed by atoms with Crippen LogP contribution in [0.2, 0.25) is 0 Å². The van der Waals surface area contributed by atoms with Gasteiger partial charge < -0.3 is 4.74 Å². The maximum absolute atomic E-state index is 6.48. The fraction of sp³-hybridized carbons (Fsp3) is 0.882. The zero-order valence-corrected chi connectivity index (χ0v) is 12.8. The van der Waals surface area contributed by atoms with Crippen LogP contribution in [0, 0.1) is 0 Å². The Hall–Kier alpha value is -0.0100. The Labute approximate surface area is 122 Å². The molecule has 0 N–H and O–H groups in total. The second-order valence-corrected chi connectivity index (χ2v) is 7.37. The minimum absolute atomic E-state index is 0.266. The third-order valence-electron chi connectivity index (χ3n) is 5.24. The largest absolute Gasteiger partial charge is 0.371 e. The maximum Gasteiger partial charge on any atom is 0.0687 e. The number of halogens is 1. The topological polar surface area (TPSA) is 9.23 Å². The summed E-state index contributed by atoms with van der Waals surface area (Å²) >= 11 is 6.33. The van der Waals surface area contributed by atoms with Crippen LogP contribution in [0.4, 0.5) is 0 Å². The van der Waals surface area contributed by atoms with Crippen molar-refractivity contribution in [2.75, 3.05) is 0 Å². The first-order valence-electron chi connectivity index (χ1n) is 8.27. The highest BCUT2D eigenvalue weighted by atomic mass is 35.5. The molecule has 0 aromatic carbocycles. The van der Waals surface area contributed by atoms with Crippen LogP contribution in [0.25, 0.3) is 0 Å². The molecular formula is C17H27ClO. The first-order chi connectivity index (χ1) is 9.26. The Bertz CT molecular complexity index is 330. The average molecular weight is 283 g/mol. The lowest BCUT2D eigenvalue weighted by molar-refractivity contribution is -0.0630. The van der Waals surface area contributed by atoms with Crippen molar-refractivity contribution >= 4 is 11.6 Å². The van der Waals surface area contributed by atoms with Gasteiger partial charge in [0.25, 0.3) is 0 Å². The van der Waals surface area contributed by atoms with Gasteiger partial charge in [0.05, 0.1) is 17.1 Å². The molecule has 1 nitrogen and oxygen atoms in total. The summed E-state index contributed by atoms with van der Waals surface area (Å²) in [6.07, 6.45) is 18.3. The number of hydrogen-bond donors (Lipinski definition) is 0. The molecule has 0 bridgehead atoms. The van der Waals surface area contributed by atoms with E-state index in [0.29, 0.717) is 6.10 Å². The van der Waals surface area contributed by atoms with E-state index in [2.05, 4.69) is 6.08 Å². The van der Waals surface area contributed by atoms with E-state index in [1.54, 1.807) is 5.57 Å². The summed E-state index contributed by atoms with van der Waals surface area (Å²) in [5, 5.41) is 0.266. The maximum atomic E-state index is 6.48. The van der Waals surface area contributed by atoms with Gasteiger partial charge in [-0.3, -0.25) is 0 Å². The predicted octanol–water partition coefficient (Wildman–Crippen LogP) is 5.37. The van der Waals surface area contributed by atoms with Crippen molar-refractivity contribution in [2.45, 2.75) is 94.1 Å². The van der Waals surface area contributed by atoms with E-state index in [0.717, 1.165) is 12.8 Å². The minimum Gasteiger partial charge on any atom is -0.371 e. The van der Waals surface area contributed by atoms with E-state index in [9.17, 15) is 0 Å². The molecule has 0 aromatic heterocycles. The zero-order chi connectivity index (χ0) is 13.1. The van der Waals surface area contributed by atoms with Crippen LogP contribution in [0.1, 0.15) is 77.0 Å². The van der Waals surface area contributed by atoms with Gasteiger partial charge in [-0.05, 0) is 51.4 Å². The SMILES string of the molecule is ClC1C=C(CC2CCC3(CCCCC3)O2)CCCC1. The summed E-state index contributed by atoms with van der Waals surface area (Å²) in [6.45, 7) is 0. The van der Waals surface area contributed by atoms with Gasteiger partial charge in [-0.2, -0.15) is 0 Å². The van der Waals surface area contributed by atoms with Crippen LogP contribution < -0.4 is 0 Å². The van der Waals surface area contributed by atoms with E-state index in [1.165, 1.54) is 64.2 Å². The monoisotopic (exact) mass is 282 g/mol. The Kier molecular flexibility index (Phi) is 4.54. The van der Waals surface area contributed by atoms with Gasteiger partial charge in [-0.25, -0.2) is 0 Å². The lowest BCUT2D eigenvalue weighted by atomic mass is 9.83. The number of ether oxygens (including phenoxy) is 1. The van der Waals surface area contributed by atoms with Crippen LogP contribution >= 0.6 is 11.6 Å². The summed E-state index contributed by atoms with van der Waals surface area (Å²) in [6, 6.07) is 0. The molecule has 1 saturated heterocycles. The molecular weight excluding hydrogens is 256 g/mol. The number of hydrogen-bond acceptors (Lipinski definition) is 1. The normalized spacial score (nSPS) is 35.1. The van der Waals surface area contributed by atoms with Crippen molar-refractivity contribution in [1.82, 2.24) is 0 Å². The van der Waals surface area contributed by atoms with E-state index in [1.807, 2.05) is 0 Å². The first-order valence-corrected chi connectivity index (χ1v) is 8.71. The molecule has 3 aliphatic rings. The molecule has 108 valence electrons. The minimum atomic E-state index is 0.266. The summed E-state index contributed by atoms with van der Waals surface area (Å²) < 4.78 is 6.48. The molecule has 0 radical (unpaired) electrons. The predicted molar refractivity (Wildman–Crippen MR) is 80.7 cm³/mol. The lowest BCUT2D eigenvalue weighted by Gasteiger charge is -2.33. The van der Waals surface area contributed by atoms with Crippen LogP contribution in [-0.4, -0.2) is 17.1 Å². The standard InChI is InChI=1S/C17H27ClO/c18-15-7-3-2-6-14(12-15)13-16-8-11-17(19-16)9-4-1-5-10-17/h12,15-16H,1-11,13H2. The molecule has 2 heteroatoms. The highest BCUT2D eigenvalue weighted by molar-refractivity contribution is 6.21. The molecule has 3 rings (SSSR count). The van der Waals surface area contributed by atoms with E-state index >= 15 is 0 Å². The first kappa shape index (κ1) is 13.9. The Balaban J connectivity index is 1.56. The van der Waals surface area contributed by atoms with Crippen LogP contribution in [0.3, 0.4) is 0 Å². The van der Waals surface area contributed by atoms with Gasteiger partial charge in [-0.1, -0.05) is 37.3 Å². The number of allylic oxidation sites excluding steroid dienone is 1. The average Bonchev–Trinajstić information content (AvgIpc) is 2.65. The van der Waals surface area contributed by atoms with Gasteiger partial charge in [0.2, 0.25) is 0 Å². The third kappa shape index (κ3) is 3.55. The van der Waals surface area contributed by atoms with Crippen molar-refractivity contribution in [1.29, 1.82) is 0 Å². The molecule has 2 fully saturated rings. The van der Waals surface area contributed by atoms with Crippen molar-refractivity contribution < 1.29 is 4.74 Å². The van der Waals surface area contributed by atoms with Gasteiger partial charge in [0.15, 0.2) is 0 Å². The molecule has 19 heavy (non-hydrogen) atoms. The fourth-order valence-corrected chi connectivity index (χ4v) is 4.51. The number of rotatable bonds is 2. The molecule has 1 aliphatic heterocycles. The number of alkyl halides is 1. The second-order valence-electron chi connectivity index (χ2n) is 6.81. The van der Waals surface area contributed by atoms with Crippen molar-refractivity contribution in [2.24, 2.45) is 0 Å². The molecule has 0 amide bonds. The highest BCUT2D eigenvalue weighted by Gasteiger charge is 2.40. The molecule has 0 aromatic rings. The highest BCUT2D eigenvalue weighted by Crippen LogP contribution is 2.43. The van der Waals surface area contributed by atoms with E-state index in [4.69, 9.17) is 16.3 Å². The van der Waals surface area contributed by atoms with Gasteiger partial charge in [-0.15, -0.1) is 11.6 Å². The Morgan fingerprint density at radius 2 is 1.89 bits per heavy atom. The molecule has 1 spiro atoms. The Morgan fingerprint density at radius 1 is 1.05 bits per heavy atom. The van der Waals surface area contributed by atoms with Crippen LogP contribution in [-0.2, 0) is 4.74 Å². The zero-order valence-electron chi connectivity index (χ0n) is 12.0. The van der Waals surface area contributed by atoms with Crippen molar-refractivity contribution in [3.63, 3.8) is 0 Å². The summed E-state index contributed by atoms with van der Waals surface area (Å²) in [4.78, 5) is 0. The quantitative estimate of drug-likeness (QED) is 0.489. The van der Waals surface area contributed by atoms with Crippen LogP contribution in [0.5, 0.6) is 0 Å². The fourth-order valence-electron chi connectivity index (χ4n) is 4.18. The molecule has 2 unspecified atom stereocenters. The third-order valence-corrected chi connectivity index (χ3v) is 5.58. The molecule has 2 aliphatic carbocycles. The van der Waals surface area contributed by atoms with Gasteiger partial charge in [0, 0.05) is 0 Å². The smallest absolute Gasteiger partial charge is 0.0687 e. The second kappa shape index (κ2) is 6.18. The summed E-state index contributed by atoms with van der Waals surface area (Å²) in [5.74, 6) is 0. The summed E-state index contributed by atoms with van der Waals surface area (Å²) in [7, 11) is 0. The van der Waals surface area contributed by atoms with Crippen LogP contribution in [0.15, 0.2) is 11.6 Å². The van der Waals surface area contributed by atoms with Crippen molar-refractivity contribution in [3.8, 4) is 0 Å². The molecule has 2 atom stereocenters. The van der Waals surface area contributed by atoms with E-state index in [-0.39, 0.29) is 11.0 Å². The summed E-state index contributed by atoms with van der Waals surface area (Å²) in [5.41, 5.74) is 1.84. The van der Waals surface area contributed by atoms with E-state index < -0.39 is 0 Å². The van der Waals surface area contributed by atoms with Gasteiger partial charge >= 0.3 is 0 Å².